The van der Waals surface area contributed by atoms with Gasteiger partial charge in [-0.25, -0.2) is 0 Å². The zero-order chi connectivity index (χ0) is 21.3. The molecule has 1 saturated heterocycles. The van der Waals surface area contributed by atoms with E-state index in [1.165, 1.54) is 25.6 Å². The molecule has 2 N–H and O–H groups in total. The zero-order valence-corrected chi connectivity index (χ0v) is 17.8. The molecule has 1 amide bonds. The number of hydrogen-bond donors (Lipinski definition) is 2. The van der Waals surface area contributed by atoms with Crippen LogP contribution in [0, 0.1) is 5.92 Å². The first-order valence-corrected chi connectivity index (χ1v) is 10.6. The van der Waals surface area contributed by atoms with Gasteiger partial charge in [0.15, 0.2) is 0 Å². The van der Waals surface area contributed by atoms with Crippen molar-refractivity contribution in [1.29, 1.82) is 0 Å². The molecule has 6 nitrogen and oxygen atoms in total. The molecule has 30 heavy (non-hydrogen) atoms. The molecule has 2 aromatic carbocycles. The first kappa shape index (κ1) is 21.7. The van der Waals surface area contributed by atoms with Crippen LogP contribution in [0.25, 0.3) is 0 Å². The molecule has 0 bridgehead atoms. The van der Waals surface area contributed by atoms with Crippen LogP contribution in [0.2, 0.25) is 0 Å². The predicted octanol–water partition coefficient (Wildman–Crippen LogP) is 4.24. The van der Waals surface area contributed by atoms with Gasteiger partial charge in [0.05, 0.1) is 13.5 Å². The number of nitrogens with one attached hydrogen (secondary N) is 2. The second-order valence-corrected chi connectivity index (χ2v) is 7.89. The molecule has 0 saturated carbocycles. The Balaban J connectivity index is 1.46. The number of esters is 1. The number of rotatable bonds is 8. The third-order valence-corrected chi connectivity index (χ3v) is 5.53. The number of hydrogen-bond acceptors (Lipinski definition) is 5. The van der Waals surface area contributed by atoms with Gasteiger partial charge in [0.1, 0.15) is 0 Å². The Labute approximate surface area is 178 Å². The number of piperidine rings is 1. The Bertz CT molecular complexity index is 826. The molecule has 1 heterocycles. The monoisotopic (exact) mass is 409 g/mol. The van der Waals surface area contributed by atoms with E-state index >= 15 is 0 Å². The van der Waals surface area contributed by atoms with Gasteiger partial charge in [0, 0.05) is 43.1 Å². The lowest BCUT2D eigenvalue weighted by atomic mass is 9.99. The minimum absolute atomic E-state index is 0.0981. The van der Waals surface area contributed by atoms with Crippen molar-refractivity contribution in [3.63, 3.8) is 0 Å². The van der Waals surface area contributed by atoms with Crippen molar-refractivity contribution in [2.45, 2.75) is 39.2 Å². The predicted molar refractivity (Wildman–Crippen MR) is 120 cm³/mol. The van der Waals surface area contributed by atoms with Crippen LogP contribution < -0.4 is 15.5 Å². The SMILES string of the molecule is COC(=O)CCC(=O)NCc1ccc(Nc2ccc(N3CCC(C)CC3)cc2)cc1. The summed E-state index contributed by atoms with van der Waals surface area (Å²) in [5, 5.41) is 6.23. The van der Waals surface area contributed by atoms with Crippen LogP contribution in [0.1, 0.15) is 38.2 Å². The summed E-state index contributed by atoms with van der Waals surface area (Å²) in [7, 11) is 1.32. The van der Waals surface area contributed by atoms with Gasteiger partial charge in [-0.3, -0.25) is 9.59 Å². The Morgan fingerprint density at radius 1 is 0.967 bits per heavy atom. The highest BCUT2D eigenvalue weighted by Gasteiger charge is 2.15. The highest BCUT2D eigenvalue weighted by molar-refractivity contribution is 5.81. The van der Waals surface area contributed by atoms with E-state index < -0.39 is 0 Å². The summed E-state index contributed by atoms with van der Waals surface area (Å²) in [6, 6.07) is 16.5. The van der Waals surface area contributed by atoms with Crippen molar-refractivity contribution in [2.24, 2.45) is 5.92 Å². The number of nitrogens with zero attached hydrogens (tertiary/aromatic N) is 1. The van der Waals surface area contributed by atoms with E-state index in [0.29, 0.717) is 6.54 Å². The Hall–Kier alpha value is -3.02. The maximum atomic E-state index is 11.8. The van der Waals surface area contributed by atoms with Crippen LogP contribution in [0.3, 0.4) is 0 Å². The number of ether oxygens (including phenoxy) is 1. The third-order valence-electron chi connectivity index (χ3n) is 5.53. The molecule has 0 unspecified atom stereocenters. The van der Waals surface area contributed by atoms with Gasteiger partial charge in [-0.15, -0.1) is 0 Å². The van der Waals surface area contributed by atoms with Gasteiger partial charge in [-0.1, -0.05) is 19.1 Å². The minimum atomic E-state index is -0.376. The van der Waals surface area contributed by atoms with Gasteiger partial charge < -0.3 is 20.3 Å². The molecule has 2 aromatic rings. The number of benzene rings is 2. The van der Waals surface area contributed by atoms with Crippen molar-refractivity contribution >= 4 is 28.9 Å². The van der Waals surface area contributed by atoms with E-state index in [4.69, 9.17) is 0 Å². The molecule has 0 atom stereocenters. The summed E-state index contributed by atoms with van der Waals surface area (Å²) in [5.74, 6) is 0.295. The zero-order valence-electron chi connectivity index (χ0n) is 17.8. The smallest absolute Gasteiger partial charge is 0.306 e. The van der Waals surface area contributed by atoms with Gasteiger partial charge >= 0.3 is 5.97 Å². The average Bonchev–Trinajstić information content (AvgIpc) is 2.78. The van der Waals surface area contributed by atoms with Gasteiger partial charge in [0.25, 0.3) is 0 Å². The van der Waals surface area contributed by atoms with E-state index in [1.54, 1.807) is 0 Å². The molecular weight excluding hydrogens is 378 g/mol. The Morgan fingerprint density at radius 3 is 2.17 bits per heavy atom. The summed E-state index contributed by atoms with van der Waals surface area (Å²) < 4.78 is 4.54. The molecule has 1 aliphatic rings. The molecule has 6 heteroatoms. The molecule has 1 aliphatic heterocycles. The van der Waals surface area contributed by atoms with Crippen molar-refractivity contribution in [3.05, 3.63) is 54.1 Å². The van der Waals surface area contributed by atoms with E-state index in [2.05, 4.69) is 51.5 Å². The number of anilines is 3. The van der Waals surface area contributed by atoms with Crippen molar-refractivity contribution in [2.75, 3.05) is 30.4 Å². The summed E-state index contributed by atoms with van der Waals surface area (Å²) in [5.41, 5.74) is 4.33. The minimum Gasteiger partial charge on any atom is -0.469 e. The fourth-order valence-corrected chi connectivity index (χ4v) is 3.50. The molecule has 0 aliphatic carbocycles. The standard InChI is InChI=1S/C24H31N3O3/c1-18-13-15-27(16-14-18)22-9-7-21(8-10-22)26-20-5-3-19(4-6-20)17-25-23(28)11-12-24(29)30-2/h3-10,18,26H,11-17H2,1-2H3,(H,25,28). The van der Waals surface area contributed by atoms with Crippen LogP contribution >= 0.6 is 0 Å². The van der Waals surface area contributed by atoms with Gasteiger partial charge in [-0.2, -0.15) is 0 Å². The molecule has 0 radical (unpaired) electrons. The second-order valence-electron chi connectivity index (χ2n) is 7.89. The maximum absolute atomic E-state index is 11.8. The van der Waals surface area contributed by atoms with Crippen LogP contribution in [0.4, 0.5) is 17.1 Å². The highest BCUT2D eigenvalue weighted by atomic mass is 16.5. The van der Waals surface area contributed by atoms with Crippen molar-refractivity contribution < 1.29 is 14.3 Å². The van der Waals surface area contributed by atoms with E-state index in [1.807, 2.05) is 24.3 Å². The summed E-state index contributed by atoms with van der Waals surface area (Å²) in [6.45, 7) is 5.03. The molecular formula is C24H31N3O3. The fraction of sp³-hybridized carbons (Fsp3) is 0.417. The maximum Gasteiger partial charge on any atom is 0.306 e. The Morgan fingerprint density at radius 2 is 1.57 bits per heavy atom. The fourth-order valence-electron chi connectivity index (χ4n) is 3.50. The van der Waals surface area contributed by atoms with Crippen LogP contribution in [-0.2, 0) is 20.9 Å². The topological polar surface area (TPSA) is 70.7 Å². The third kappa shape index (κ3) is 6.51. The largest absolute Gasteiger partial charge is 0.469 e. The highest BCUT2D eigenvalue weighted by Crippen LogP contribution is 2.25. The lowest BCUT2D eigenvalue weighted by Crippen LogP contribution is -2.32. The summed E-state index contributed by atoms with van der Waals surface area (Å²) >= 11 is 0. The second kappa shape index (κ2) is 10.7. The van der Waals surface area contributed by atoms with E-state index in [-0.39, 0.29) is 24.7 Å². The first-order chi connectivity index (χ1) is 14.5. The number of amides is 1. The number of carbonyl (C=O) groups excluding carboxylic acids is 2. The number of methoxy groups -OCH3 is 1. The van der Waals surface area contributed by atoms with Crippen molar-refractivity contribution in [1.82, 2.24) is 5.32 Å². The van der Waals surface area contributed by atoms with Crippen LogP contribution in [-0.4, -0.2) is 32.1 Å². The van der Waals surface area contributed by atoms with E-state index in [9.17, 15) is 9.59 Å². The van der Waals surface area contributed by atoms with Gasteiger partial charge in [0.2, 0.25) is 5.91 Å². The summed E-state index contributed by atoms with van der Waals surface area (Å²) in [6.07, 6.45) is 2.76. The lowest BCUT2D eigenvalue weighted by molar-refractivity contribution is -0.142. The lowest BCUT2D eigenvalue weighted by Gasteiger charge is -2.32. The van der Waals surface area contributed by atoms with Crippen LogP contribution in [0.5, 0.6) is 0 Å². The number of carbonyl (C=O) groups is 2. The molecule has 1 fully saturated rings. The van der Waals surface area contributed by atoms with E-state index in [0.717, 1.165) is 35.9 Å². The summed E-state index contributed by atoms with van der Waals surface area (Å²) in [4.78, 5) is 25.3. The molecule has 0 spiro atoms. The molecule has 160 valence electrons. The Kier molecular flexibility index (Phi) is 7.71. The van der Waals surface area contributed by atoms with Crippen molar-refractivity contribution in [3.8, 4) is 0 Å². The average molecular weight is 410 g/mol. The quantitative estimate of drug-likeness (QED) is 0.638. The molecule has 3 rings (SSSR count). The molecule has 0 aromatic heterocycles. The van der Waals surface area contributed by atoms with Gasteiger partial charge in [-0.05, 0) is 60.7 Å². The normalized spacial score (nSPS) is 14.3. The van der Waals surface area contributed by atoms with Crippen LogP contribution in [0.15, 0.2) is 48.5 Å². The first-order valence-electron chi connectivity index (χ1n) is 10.6.